The average Bonchev–Trinajstić information content (AvgIpc) is 3.07. The van der Waals surface area contributed by atoms with Gasteiger partial charge in [-0.3, -0.25) is 4.98 Å². The molecule has 0 spiro atoms. The average molecular weight is 297 g/mol. The van der Waals surface area contributed by atoms with Gasteiger partial charge < -0.3 is 4.42 Å². The molecule has 2 aromatic heterocycles. The van der Waals surface area contributed by atoms with Gasteiger partial charge in [0, 0.05) is 24.1 Å². The van der Waals surface area contributed by atoms with Crippen molar-refractivity contribution in [3.05, 3.63) is 70.7 Å². The summed E-state index contributed by atoms with van der Waals surface area (Å²) in [5.41, 5.74) is 2.98. The molecule has 4 heteroatoms. The van der Waals surface area contributed by atoms with Gasteiger partial charge in [-0.25, -0.2) is 4.98 Å². The van der Waals surface area contributed by atoms with Crippen LogP contribution < -0.4 is 0 Å². The van der Waals surface area contributed by atoms with Gasteiger partial charge in [-0.05, 0) is 29.7 Å². The fourth-order valence-electron chi connectivity index (χ4n) is 2.86. The lowest BCUT2D eigenvalue weighted by Gasteiger charge is -2.10. The third-order valence-electron chi connectivity index (χ3n) is 3.88. The van der Waals surface area contributed by atoms with E-state index in [1.807, 2.05) is 36.4 Å². The predicted octanol–water partition coefficient (Wildman–Crippen LogP) is 4.27. The van der Waals surface area contributed by atoms with Crippen LogP contribution in [-0.4, -0.2) is 9.97 Å². The minimum atomic E-state index is 0.359. The van der Waals surface area contributed by atoms with Crippen molar-refractivity contribution >= 4 is 11.6 Å². The monoisotopic (exact) mass is 296 g/mol. The number of benzene rings is 1. The van der Waals surface area contributed by atoms with Crippen LogP contribution >= 0.6 is 11.6 Å². The number of pyridine rings is 1. The highest BCUT2D eigenvalue weighted by Gasteiger charge is 2.30. The van der Waals surface area contributed by atoms with E-state index in [2.05, 4.69) is 16.0 Å². The summed E-state index contributed by atoms with van der Waals surface area (Å²) in [5.74, 6) is 1.93. The zero-order valence-electron chi connectivity index (χ0n) is 11.3. The fraction of sp³-hybridized carbons (Fsp3) is 0.176. The number of hydrogen-bond donors (Lipinski definition) is 0. The van der Waals surface area contributed by atoms with Crippen molar-refractivity contribution in [2.75, 3.05) is 0 Å². The number of oxazole rings is 1. The van der Waals surface area contributed by atoms with E-state index < -0.39 is 0 Å². The van der Waals surface area contributed by atoms with Gasteiger partial charge in [-0.2, -0.15) is 0 Å². The lowest BCUT2D eigenvalue weighted by atomic mass is 9.97. The summed E-state index contributed by atoms with van der Waals surface area (Å²) < 4.78 is 5.89. The molecule has 2 heterocycles. The standard InChI is InChI=1S/C17H13ClN2O/c18-13-6-2-1-5-12(13)11-9-15-16(10-11)21-17(20-15)14-7-3-4-8-19-14/h1-8,11H,9-10H2. The molecule has 0 saturated carbocycles. The Hall–Kier alpha value is -2.13. The number of fused-ring (bicyclic) bond motifs is 1. The zero-order chi connectivity index (χ0) is 14.2. The molecule has 0 N–H and O–H groups in total. The van der Waals surface area contributed by atoms with E-state index in [1.165, 1.54) is 5.56 Å². The number of halogens is 1. The molecule has 21 heavy (non-hydrogen) atoms. The maximum atomic E-state index is 6.28. The van der Waals surface area contributed by atoms with Gasteiger partial charge in [0.2, 0.25) is 5.89 Å². The Bertz CT molecular complexity index is 759. The highest BCUT2D eigenvalue weighted by molar-refractivity contribution is 6.31. The van der Waals surface area contributed by atoms with Gasteiger partial charge in [-0.15, -0.1) is 0 Å². The molecule has 0 aliphatic heterocycles. The molecule has 1 atom stereocenters. The van der Waals surface area contributed by atoms with E-state index in [4.69, 9.17) is 16.0 Å². The third-order valence-corrected chi connectivity index (χ3v) is 4.22. The largest absolute Gasteiger partial charge is 0.440 e. The second kappa shape index (κ2) is 5.01. The van der Waals surface area contributed by atoms with Crippen LogP contribution in [0, 0.1) is 0 Å². The summed E-state index contributed by atoms with van der Waals surface area (Å²) in [6, 6.07) is 13.7. The second-order valence-corrected chi connectivity index (χ2v) is 5.64. The van der Waals surface area contributed by atoms with Crippen LogP contribution in [0.25, 0.3) is 11.6 Å². The topological polar surface area (TPSA) is 38.9 Å². The fourth-order valence-corrected chi connectivity index (χ4v) is 3.15. The van der Waals surface area contributed by atoms with Crippen LogP contribution in [0.2, 0.25) is 5.02 Å². The highest BCUT2D eigenvalue weighted by Crippen LogP contribution is 2.38. The van der Waals surface area contributed by atoms with Crippen LogP contribution in [0.5, 0.6) is 0 Å². The lowest BCUT2D eigenvalue weighted by molar-refractivity contribution is 0.510. The molecule has 0 amide bonds. The first-order chi connectivity index (χ1) is 10.3. The summed E-state index contributed by atoms with van der Waals surface area (Å²) in [5, 5.41) is 0.817. The van der Waals surface area contributed by atoms with E-state index in [0.29, 0.717) is 11.8 Å². The molecule has 3 nitrogen and oxygen atoms in total. The van der Waals surface area contributed by atoms with E-state index in [1.54, 1.807) is 6.20 Å². The maximum Gasteiger partial charge on any atom is 0.245 e. The van der Waals surface area contributed by atoms with Crippen LogP contribution in [0.15, 0.2) is 53.1 Å². The van der Waals surface area contributed by atoms with Gasteiger partial charge in [0.15, 0.2) is 0 Å². The van der Waals surface area contributed by atoms with Crippen LogP contribution in [0.1, 0.15) is 22.9 Å². The van der Waals surface area contributed by atoms with E-state index >= 15 is 0 Å². The number of hydrogen-bond acceptors (Lipinski definition) is 3. The van der Waals surface area contributed by atoms with Crippen molar-refractivity contribution in [2.24, 2.45) is 0 Å². The molecule has 1 aliphatic rings. The lowest BCUT2D eigenvalue weighted by Crippen LogP contribution is -1.99. The Morgan fingerprint density at radius 2 is 1.90 bits per heavy atom. The Kier molecular flexibility index (Phi) is 3.00. The van der Waals surface area contributed by atoms with Gasteiger partial charge >= 0.3 is 0 Å². The van der Waals surface area contributed by atoms with Crippen LogP contribution in [0.4, 0.5) is 0 Å². The minimum Gasteiger partial charge on any atom is -0.440 e. The smallest absolute Gasteiger partial charge is 0.245 e. The summed E-state index contributed by atoms with van der Waals surface area (Å²) in [6.45, 7) is 0. The second-order valence-electron chi connectivity index (χ2n) is 5.23. The molecule has 3 aromatic rings. The Morgan fingerprint density at radius 3 is 2.67 bits per heavy atom. The predicted molar refractivity (Wildman–Crippen MR) is 81.3 cm³/mol. The SMILES string of the molecule is Clc1ccccc1C1Cc2nc(-c3ccccn3)oc2C1. The number of nitrogens with zero attached hydrogens (tertiary/aromatic N) is 2. The van der Waals surface area contributed by atoms with E-state index in [0.717, 1.165) is 35.0 Å². The summed E-state index contributed by atoms with van der Waals surface area (Å²) in [4.78, 5) is 8.87. The molecule has 1 unspecified atom stereocenters. The maximum absolute atomic E-state index is 6.28. The van der Waals surface area contributed by atoms with Gasteiger partial charge in [0.1, 0.15) is 11.5 Å². The van der Waals surface area contributed by atoms with Crippen molar-refractivity contribution in [1.29, 1.82) is 0 Å². The summed E-state index contributed by atoms with van der Waals surface area (Å²) in [6.07, 6.45) is 3.46. The Morgan fingerprint density at radius 1 is 1.05 bits per heavy atom. The van der Waals surface area contributed by atoms with E-state index in [-0.39, 0.29) is 0 Å². The minimum absolute atomic E-state index is 0.359. The summed E-state index contributed by atoms with van der Waals surface area (Å²) in [7, 11) is 0. The highest BCUT2D eigenvalue weighted by atomic mass is 35.5. The van der Waals surface area contributed by atoms with Crippen LogP contribution in [-0.2, 0) is 12.8 Å². The van der Waals surface area contributed by atoms with Gasteiger partial charge in [0.05, 0.1) is 5.69 Å². The van der Waals surface area contributed by atoms with Gasteiger partial charge in [0.25, 0.3) is 0 Å². The Balaban J connectivity index is 1.62. The number of aromatic nitrogens is 2. The molecule has 1 aromatic carbocycles. The number of rotatable bonds is 2. The normalized spacial score (nSPS) is 16.9. The zero-order valence-corrected chi connectivity index (χ0v) is 12.0. The van der Waals surface area contributed by atoms with Crippen molar-refractivity contribution in [1.82, 2.24) is 9.97 Å². The molecule has 1 aliphatic carbocycles. The van der Waals surface area contributed by atoms with Crippen molar-refractivity contribution in [3.63, 3.8) is 0 Å². The first kappa shape index (κ1) is 12.6. The molecule has 4 rings (SSSR count). The quantitative estimate of drug-likeness (QED) is 0.709. The van der Waals surface area contributed by atoms with E-state index in [9.17, 15) is 0 Å². The molecule has 0 bridgehead atoms. The molecule has 0 fully saturated rings. The Labute approximate surface area is 127 Å². The van der Waals surface area contributed by atoms with Crippen LogP contribution in [0.3, 0.4) is 0 Å². The molecular formula is C17H13ClN2O. The molecule has 0 saturated heterocycles. The third kappa shape index (κ3) is 2.24. The van der Waals surface area contributed by atoms with Crippen molar-refractivity contribution in [3.8, 4) is 11.6 Å². The summed E-state index contributed by atoms with van der Waals surface area (Å²) >= 11 is 6.28. The van der Waals surface area contributed by atoms with Gasteiger partial charge in [-0.1, -0.05) is 35.9 Å². The first-order valence-electron chi connectivity index (χ1n) is 6.95. The van der Waals surface area contributed by atoms with Crippen molar-refractivity contribution in [2.45, 2.75) is 18.8 Å². The molecule has 104 valence electrons. The molecule has 0 radical (unpaired) electrons. The molecular weight excluding hydrogens is 284 g/mol. The van der Waals surface area contributed by atoms with Crippen molar-refractivity contribution < 1.29 is 4.42 Å². The first-order valence-corrected chi connectivity index (χ1v) is 7.33.